The Bertz CT molecular complexity index is 197. The number of hydrogen-bond acceptors (Lipinski definition) is 3. The number of nitrogens with zero attached hydrogens (tertiary/aromatic N) is 1. The maximum absolute atomic E-state index is 5.90. The Morgan fingerprint density at radius 2 is 2.07 bits per heavy atom. The van der Waals surface area contributed by atoms with Crippen molar-refractivity contribution in [2.75, 3.05) is 20.2 Å². The van der Waals surface area contributed by atoms with Crippen LogP contribution in [0.5, 0.6) is 0 Å². The first kappa shape index (κ1) is 10.4. The third-order valence-electron chi connectivity index (χ3n) is 3.84. The highest BCUT2D eigenvalue weighted by molar-refractivity contribution is 5.07. The van der Waals surface area contributed by atoms with Crippen molar-refractivity contribution in [3.05, 3.63) is 0 Å². The summed E-state index contributed by atoms with van der Waals surface area (Å²) in [4.78, 5) is 2.50. The van der Waals surface area contributed by atoms with Gasteiger partial charge in [0.25, 0.3) is 0 Å². The van der Waals surface area contributed by atoms with E-state index in [1.54, 1.807) is 0 Å². The third-order valence-corrected chi connectivity index (χ3v) is 3.84. The fraction of sp³-hybridized carbons (Fsp3) is 1.00. The monoisotopic (exact) mass is 198 g/mol. The molecule has 3 heteroatoms. The molecule has 0 aliphatic heterocycles. The molecule has 2 fully saturated rings. The van der Waals surface area contributed by atoms with Crippen molar-refractivity contribution in [3.8, 4) is 0 Å². The van der Waals surface area contributed by atoms with Crippen LogP contribution in [0.25, 0.3) is 0 Å². The lowest BCUT2D eigenvalue weighted by Crippen LogP contribution is -2.63. The van der Waals surface area contributed by atoms with Gasteiger partial charge < -0.3 is 10.5 Å². The molecule has 82 valence electrons. The van der Waals surface area contributed by atoms with Gasteiger partial charge in [0.05, 0.1) is 6.10 Å². The minimum absolute atomic E-state index is 0.265. The van der Waals surface area contributed by atoms with Crippen LogP contribution in [0.15, 0.2) is 0 Å². The van der Waals surface area contributed by atoms with E-state index in [0.717, 1.165) is 32.0 Å². The molecule has 0 heterocycles. The van der Waals surface area contributed by atoms with E-state index in [-0.39, 0.29) is 5.54 Å². The Hall–Kier alpha value is -0.120. The van der Waals surface area contributed by atoms with Gasteiger partial charge in [-0.25, -0.2) is 0 Å². The van der Waals surface area contributed by atoms with Gasteiger partial charge in [-0.1, -0.05) is 0 Å². The first-order valence-corrected chi connectivity index (χ1v) is 5.76. The normalized spacial score (nSPS) is 37.3. The largest absolute Gasteiger partial charge is 0.378 e. The molecule has 2 N–H and O–H groups in total. The van der Waals surface area contributed by atoms with Gasteiger partial charge in [0, 0.05) is 24.7 Å². The molecule has 0 saturated heterocycles. The molecule has 0 aromatic heterocycles. The van der Waals surface area contributed by atoms with E-state index in [1.807, 2.05) is 0 Å². The molecule has 2 saturated carbocycles. The molecule has 2 aliphatic carbocycles. The lowest BCUT2D eigenvalue weighted by molar-refractivity contribution is -0.0947. The second-order valence-electron chi connectivity index (χ2n) is 4.76. The molecular weight excluding hydrogens is 176 g/mol. The van der Waals surface area contributed by atoms with Crippen LogP contribution < -0.4 is 5.73 Å². The zero-order valence-electron chi connectivity index (χ0n) is 9.33. The fourth-order valence-electron chi connectivity index (χ4n) is 2.59. The van der Waals surface area contributed by atoms with Crippen LogP contribution in [0, 0.1) is 0 Å². The van der Waals surface area contributed by atoms with E-state index in [4.69, 9.17) is 10.5 Å². The summed E-state index contributed by atoms with van der Waals surface area (Å²) in [6, 6.07) is 0.807. The summed E-state index contributed by atoms with van der Waals surface area (Å²) < 4.78 is 5.60. The summed E-state index contributed by atoms with van der Waals surface area (Å²) >= 11 is 0. The Labute approximate surface area is 86.6 Å². The average Bonchev–Trinajstić information content (AvgIpc) is 2.92. The van der Waals surface area contributed by atoms with Crippen LogP contribution in [-0.2, 0) is 4.74 Å². The smallest absolute Gasteiger partial charge is 0.0611 e. The zero-order valence-corrected chi connectivity index (χ0v) is 9.33. The van der Waals surface area contributed by atoms with Gasteiger partial charge in [-0.05, 0) is 39.7 Å². The van der Waals surface area contributed by atoms with Crippen LogP contribution in [0.4, 0.5) is 0 Å². The van der Waals surface area contributed by atoms with Gasteiger partial charge in [-0.3, -0.25) is 4.90 Å². The molecule has 0 bridgehead atoms. The highest BCUT2D eigenvalue weighted by Crippen LogP contribution is 2.43. The van der Waals surface area contributed by atoms with Crippen molar-refractivity contribution in [2.45, 2.75) is 50.3 Å². The summed E-state index contributed by atoms with van der Waals surface area (Å²) in [6.45, 7) is 3.68. The zero-order chi connectivity index (χ0) is 10.2. The van der Waals surface area contributed by atoms with Crippen molar-refractivity contribution >= 4 is 0 Å². The predicted molar refractivity (Wildman–Crippen MR) is 57.2 cm³/mol. The average molecular weight is 198 g/mol. The summed E-state index contributed by atoms with van der Waals surface area (Å²) in [5.41, 5.74) is 6.16. The number of nitrogens with two attached hydrogens (primary N) is 1. The maximum atomic E-state index is 5.90. The topological polar surface area (TPSA) is 38.5 Å². The SMILES string of the molecule is CCOC1CC(CN)(N(C)C2CC2)C1. The quantitative estimate of drug-likeness (QED) is 0.715. The van der Waals surface area contributed by atoms with Crippen LogP contribution in [0.1, 0.15) is 32.6 Å². The van der Waals surface area contributed by atoms with Gasteiger partial charge in [0.15, 0.2) is 0 Å². The molecular formula is C11H22N2O. The van der Waals surface area contributed by atoms with E-state index >= 15 is 0 Å². The standard InChI is InChI=1S/C11H22N2O/c1-3-14-10-6-11(7-10,8-12)13(2)9-4-5-9/h9-10H,3-8,12H2,1-2H3. The van der Waals surface area contributed by atoms with Gasteiger partial charge in [-0.2, -0.15) is 0 Å². The Balaban J connectivity index is 1.87. The van der Waals surface area contributed by atoms with E-state index in [1.165, 1.54) is 12.8 Å². The first-order valence-electron chi connectivity index (χ1n) is 5.76. The van der Waals surface area contributed by atoms with Crippen LogP contribution >= 0.6 is 0 Å². The Morgan fingerprint density at radius 3 is 2.50 bits per heavy atom. The number of likely N-dealkylation sites (N-methyl/N-ethyl adjacent to an activating group) is 1. The minimum atomic E-state index is 0.265. The molecule has 0 unspecified atom stereocenters. The Kier molecular flexibility index (Phi) is 2.82. The summed E-state index contributed by atoms with van der Waals surface area (Å²) in [5.74, 6) is 0. The van der Waals surface area contributed by atoms with Gasteiger partial charge in [0.1, 0.15) is 0 Å². The molecule has 0 spiro atoms. The van der Waals surface area contributed by atoms with E-state index in [9.17, 15) is 0 Å². The molecule has 0 aromatic rings. The summed E-state index contributed by atoms with van der Waals surface area (Å²) in [6.07, 6.45) is 5.44. The lowest BCUT2D eigenvalue weighted by atomic mass is 9.73. The molecule has 3 nitrogen and oxygen atoms in total. The molecule has 2 aliphatic rings. The number of hydrogen-bond donors (Lipinski definition) is 1. The summed E-state index contributed by atoms with van der Waals surface area (Å²) in [7, 11) is 2.23. The van der Waals surface area contributed by atoms with Crippen molar-refractivity contribution in [1.29, 1.82) is 0 Å². The predicted octanol–water partition coefficient (Wildman–Crippen LogP) is 0.977. The van der Waals surface area contributed by atoms with Crippen LogP contribution in [0.3, 0.4) is 0 Å². The summed E-state index contributed by atoms with van der Waals surface area (Å²) in [5, 5.41) is 0. The van der Waals surface area contributed by atoms with Crippen LogP contribution in [-0.4, -0.2) is 42.8 Å². The molecule has 0 atom stereocenters. The van der Waals surface area contributed by atoms with Crippen molar-refractivity contribution in [3.63, 3.8) is 0 Å². The van der Waals surface area contributed by atoms with Crippen molar-refractivity contribution in [1.82, 2.24) is 4.90 Å². The molecule has 0 radical (unpaired) electrons. The van der Waals surface area contributed by atoms with E-state index in [0.29, 0.717) is 6.10 Å². The van der Waals surface area contributed by atoms with Gasteiger partial charge >= 0.3 is 0 Å². The van der Waals surface area contributed by atoms with E-state index in [2.05, 4.69) is 18.9 Å². The first-order chi connectivity index (χ1) is 6.72. The molecule has 14 heavy (non-hydrogen) atoms. The molecule has 0 amide bonds. The second-order valence-corrected chi connectivity index (χ2v) is 4.76. The number of ether oxygens (including phenoxy) is 1. The van der Waals surface area contributed by atoms with Gasteiger partial charge in [0.2, 0.25) is 0 Å². The molecule has 2 rings (SSSR count). The fourth-order valence-corrected chi connectivity index (χ4v) is 2.59. The second kappa shape index (κ2) is 3.80. The van der Waals surface area contributed by atoms with Crippen molar-refractivity contribution < 1.29 is 4.74 Å². The highest BCUT2D eigenvalue weighted by atomic mass is 16.5. The highest BCUT2D eigenvalue weighted by Gasteiger charge is 2.50. The van der Waals surface area contributed by atoms with Gasteiger partial charge in [-0.15, -0.1) is 0 Å². The minimum Gasteiger partial charge on any atom is -0.378 e. The van der Waals surface area contributed by atoms with E-state index < -0.39 is 0 Å². The lowest BCUT2D eigenvalue weighted by Gasteiger charge is -2.52. The third kappa shape index (κ3) is 1.69. The maximum Gasteiger partial charge on any atom is 0.0611 e. The molecule has 0 aromatic carbocycles. The number of rotatable bonds is 5. The van der Waals surface area contributed by atoms with Crippen LogP contribution in [0.2, 0.25) is 0 Å². The Morgan fingerprint density at radius 1 is 1.43 bits per heavy atom. The van der Waals surface area contributed by atoms with Crippen molar-refractivity contribution in [2.24, 2.45) is 5.73 Å².